The molecule has 1 saturated heterocycles. The number of fused-ring (bicyclic) bond motifs is 1. The number of rotatable bonds is 2. The summed E-state index contributed by atoms with van der Waals surface area (Å²) in [5.74, 6) is 2.03. The molecule has 1 fully saturated rings. The lowest BCUT2D eigenvalue weighted by molar-refractivity contribution is 0.0838. The van der Waals surface area contributed by atoms with Crippen molar-refractivity contribution in [3.63, 3.8) is 0 Å². The number of ether oxygens (including phenoxy) is 1. The molecule has 118 valence electrons. The van der Waals surface area contributed by atoms with Crippen LogP contribution in [0.5, 0.6) is 0 Å². The number of hydrogen-bond donors (Lipinski definition) is 1. The van der Waals surface area contributed by atoms with E-state index in [4.69, 9.17) is 15.5 Å². The van der Waals surface area contributed by atoms with E-state index in [-0.39, 0.29) is 0 Å². The van der Waals surface area contributed by atoms with E-state index in [1.165, 1.54) is 11.5 Å². The van der Waals surface area contributed by atoms with Crippen molar-refractivity contribution >= 4 is 22.5 Å². The van der Waals surface area contributed by atoms with Crippen molar-refractivity contribution in [1.82, 2.24) is 19.1 Å². The van der Waals surface area contributed by atoms with Gasteiger partial charge in [-0.25, -0.2) is 4.98 Å². The van der Waals surface area contributed by atoms with Gasteiger partial charge in [-0.1, -0.05) is 0 Å². The molecule has 22 heavy (non-hydrogen) atoms. The minimum absolute atomic E-state index is 0.451. The minimum atomic E-state index is 0.451. The first-order chi connectivity index (χ1) is 10.8. The van der Waals surface area contributed by atoms with E-state index in [1.54, 1.807) is 0 Å². The molecule has 8 heteroatoms. The Morgan fingerprint density at radius 1 is 1.27 bits per heavy atom. The Morgan fingerprint density at radius 2 is 2.14 bits per heavy atom. The molecule has 0 radical (unpaired) electrons. The van der Waals surface area contributed by atoms with Crippen LogP contribution in [0.3, 0.4) is 0 Å². The Kier molecular flexibility index (Phi) is 3.71. The van der Waals surface area contributed by atoms with Gasteiger partial charge in [0.05, 0.1) is 12.2 Å². The lowest BCUT2D eigenvalue weighted by atomic mass is 10.00. The summed E-state index contributed by atoms with van der Waals surface area (Å²) in [5, 5.41) is 5.35. The van der Waals surface area contributed by atoms with Gasteiger partial charge in [0.25, 0.3) is 0 Å². The zero-order valence-electron chi connectivity index (χ0n) is 12.4. The molecule has 0 aromatic carbocycles. The maximum atomic E-state index is 5.81. The third kappa shape index (κ3) is 2.68. The molecule has 2 aliphatic heterocycles. The number of nitrogen functional groups attached to an aromatic ring is 1. The van der Waals surface area contributed by atoms with Crippen LogP contribution in [0.25, 0.3) is 0 Å². The highest BCUT2D eigenvalue weighted by Crippen LogP contribution is 2.29. The Labute approximate surface area is 133 Å². The van der Waals surface area contributed by atoms with E-state index in [0.717, 1.165) is 68.8 Å². The van der Waals surface area contributed by atoms with Crippen LogP contribution in [0.4, 0.5) is 10.9 Å². The van der Waals surface area contributed by atoms with Crippen molar-refractivity contribution in [2.75, 3.05) is 30.4 Å². The van der Waals surface area contributed by atoms with E-state index < -0.39 is 0 Å². The molecule has 0 atom stereocenters. The highest BCUT2D eigenvalue weighted by molar-refractivity contribution is 7.09. The number of aryl methyl sites for hydroxylation is 1. The van der Waals surface area contributed by atoms with Crippen molar-refractivity contribution in [3.05, 3.63) is 17.6 Å². The van der Waals surface area contributed by atoms with E-state index in [2.05, 4.69) is 14.4 Å². The summed E-state index contributed by atoms with van der Waals surface area (Å²) in [6.07, 6.45) is 3.10. The average Bonchev–Trinajstić information content (AvgIpc) is 3.10. The predicted molar refractivity (Wildman–Crippen MR) is 85.0 cm³/mol. The van der Waals surface area contributed by atoms with Crippen LogP contribution in [-0.4, -0.2) is 38.9 Å². The second kappa shape index (κ2) is 5.85. The number of aromatic nitrogens is 4. The third-order valence-electron chi connectivity index (χ3n) is 4.32. The van der Waals surface area contributed by atoms with Gasteiger partial charge in [-0.2, -0.15) is 9.47 Å². The molecule has 7 nitrogen and oxygen atoms in total. The molecule has 0 aliphatic carbocycles. The summed E-state index contributed by atoms with van der Waals surface area (Å²) in [6, 6.07) is 1.96. The van der Waals surface area contributed by atoms with Gasteiger partial charge in [0.2, 0.25) is 5.13 Å². The first-order valence-electron chi connectivity index (χ1n) is 7.78. The van der Waals surface area contributed by atoms with Gasteiger partial charge in [0.1, 0.15) is 11.6 Å². The van der Waals surface area contributed by atoms with Crippen LogP contribution in [-0.2, 0) is 17.8 Å². The molecule has 0 saturated carbocycles. The van der Waals surface area contributed by atoms with Gasteiger partial charge in [-0.05, 0) is 19.3 Å². The SMILES string of the molecule is Nc1cc2n(n1)CCCN(c1nc(C3CCOCC3)ns1)C2. The van der Waals surface area contributed by atoms with E-state index in [1.807, 2.05) is 10.7 Å². The lowest BCUT2D eigenvalue weighted by Gasteiger charge is -2.20. The molecule has 0 unspecified atom stereocenters. The molecule has 4 heterocycles. The first kappa shape index (κ1) is 14.0. The zero-order valence-corrected chi connectivity index (χ0v) is 13.3. The van der Waals surface area contributed by atoms with Crippen molar-refractivity contribution in [2.24, 2.45) is 0 Å². The second-order valence-electron chi connectivity index (χ2n) is 5.88. The second-order valence-corrected chi connectivity index (χ2v) is 6.61. The summed E-state index contributed by atoms with van der Waals surface area (Å²) in [6.45, 7) is 4.33. The molecular weight excluding hydrogens is 300 g/mol. The molecule has 0 spiro atoms. The minimum Gasteiger partial charge on any atom is -0.382 e. The predicted octanol–water partition coefficient (Wildman–Crippen LogP) is 1.62. The fourth-order valence-corrected chi connectivity index (χ4v) is 3.89. The van der Waals surface area contributed by atoms with Crippen molar-refractivity contribution < 1.29 is 4.74 Å². The molecule has 2 N–H and O–H groups in total. The van der Waals surface area contributed by atoms with Gasteiger partial charge in [-0.15, -0.1) is 0 Å². The summed E-state index contributed by atoms with van der Waals surface area (Å²) >= 11 is 1.50. The zero-order chi connectivity index (χ0) is 14.9. The highest BCUT2D eigenvalue weighted by Gasteiger charge is 2.23. The van der Waals surface area contributed by atoms with Crippen LogP contribution in [0.15, 0.2) is 6.07 Å². The van der Waals surface area contributed by atoms with Gasteiger partial charge < -0.3 is 15.4 Å². The fraction of sp³-hybridized carbons (Fsp3) is 0.643. The normalized spacial score (nSPS) is 19.9. The number of anilines is 2. The largest absolute Gasteiger partial charge is 0.382 e. The smallest absolute Gasteiger partial charge is 0.205 e. The van der Waals surface area contributed by atoms with E-state index >= 15 is 0 Å². The van der Waals surface area contributed by atoms with Gasteiger partial charge in [0, 0.05) is 49.8 Å². The number of nitrogens with two attached hydrogens (primary N) is 1. The van der Waals surface area contributed by atoms with Gasteiger partial charge in [-0.3, -0.25) is 4.68 Å². The topological polar surface area (TPSA) is 82.1 Å². The molecular formula is C14H20N6OS. The fourth-order valence-electron chi connectivity index (χ4n) is 3.12. The highest BCUT2D eigenvalue weighted by atomic mass is 32.1. The first-order valence-corrected chi connectivity index (χ1v) is 8.55. The quantitative estimate of drug-likeness (QED) is 0.905. The molecule has 0 amide bonds. The maximum absolute atomic E-state index is 5.81. The van der Waals surface area contributed by atoms with Gasteiger partial charge >= 0.3 is 0 Å². The average molecular weight is 320 g/mol. The molecule has 2 aromatic heterocycles. The Bertz CT molecular complexity index is 648. The molecule has 4 rings (SSSR count). The van der Waals surface area contributed by atoms with Gasteiger partial charge in [0.15, 0.2) is 0 Å². The maximum Gasteiger partial charge on any atom is 0.205 e. The summed E-state index contributed by atoms with van der Waals surface area (Å²) < 4.78 is 12.0. The summed E-state index contributed by atoms with van der Waals surface area (Å²) in [4.78, 5) is 7.09. The summed E-state index contributed by atoms with van der Waals surface area (Å²) in [7, 11) is 0. The standard InChI is InChI=1S/C14H20N6OS/c15-12-8-11-9-19(4-1-5-20(11)17-12)14-16-13(18-22-14)10-2-6-21-7-3-10/h8,10H,1-7,9H2,(H2,15,17). The van der Waals surface area contributed by atoms with Crippen LogP contribution in [0, 0.1) is 0 Å². The number of hydrogen-bond acceptors (Lipinski definition) is 7. The Balaban J connectivity index is 1.53. The van der Waals surface area contributed by atoms with Crippen LogP contribution in [0.1, 0.15) is 36.7 Å². The molecule has 0 bridgehead atoms. The molecule has 2 aromatic rings. The molecule has 2 aliphatic rings. The summed E-state index contributed by atoms with van der Waals surface area (Å²) in [5.41, 5.74) is 6.96. The van der Waals surface area contributed by atoms with Crippen molar-refractivity contribution in [2.45, 2.75) is 38.3 Å². The van der Waals surface area contributed by atoms with Crippen LogP contribution >= 0.6 is 11.5 Å². The van der Waals surface area contributed by atoms with Crippen LogP contribution < -0.4 is 10.6 Å². The van der Waals surface area contributed by atoms with Crippen molar-refractivity contribution in [1.29, 1.82) is 0 Å². The van der Waals surface area contributed by atoms with Crippen molar-refractivity contribution in [3.8, 4) is 0 Å². The number of nitrogens with zero attached hydrogens (tertiary/aromatic N) is 5. The van der Waals surface area contributed by atoms with Crippen LogP contribution in [0.2, 0.25) is 0 Å². The third-order valence-corrected chi connectivity index (χ3v) is 5.11. The monoisotopic (exact) mass is 320 g/mol. The van der Waals surface area contributed by atoms with E-state index in [9.17, 15) is 0 Å². The Morgan fingerprint density at radius 3 is 3.00 bits per heavy atom. The van der Waals surface area contributed by atoms with E-state index in [0.29, 0.717) is 11.7 Å². The Hall–Kier alpha value is -1.67. The lowest BCUT2D eigenvalue weighted by Crippen LogP contribution is -2.22.